The topological polar surface area (TPSA) is 49.4 Å². The second kappa shape index (κ2) is 5.98. The molecule has 1 saturated carbocycles. The van der Waals surface area contributed by atoms with Crippen LogP contribution in [0.2, 0.25) is 0 Å². The van der Waals surface area contributed by atoms with Crippen molar-refractivity contribution in [1.82, 2.24) is 10.2 Å². The lowest BCUT2D eigenvalue weighted by molar-refractivity contribution is -0.164. The summed E-state index contributed by atoms with van der Waals surface area (Å²) in [6.45, 7) is 9.07. The van der Waals surface area contributed by atoms with Gasteiger partial charge in [0.25, 0.3) is 0 Å². The highest BCUT2D eigenvalue weighted by Crippen LogP contribution is 2.40. The molecule has 1 N–H and O–H groups in total. The number of hydrogen-bond acceptors (Lipinski definition) is 2. The third kappa shape index (κ3) is 2.58. The Morgan fingerprint density at radius 2 is 1.71 bits per heavy atom. The molecule has 2 aliphatic rings. The molecule has 0 bridgehead atoms. The number of amides is 2. The number of nitrogens with one attached hydrogen (secondary N) is 1. The van der Waals surface area contributed by atoms with Gasteiger partial charge in [0, 0.05) is 6.54 Å². The van der Waals surface area contributed by atoms with Gasteiger partial charge >= 0.3 is 0 Å². The normalized spacial score (nSPS) is 24.0. The maximum absolute atomic E-state index is 13.2. The van der Waals surface area contributed by atoms with E-state index in [-0.39, 0.29) is 11.8 Å². The molecule has 120 valence electrons. The Balaban J connectivity index is 2.34. The zero-order valence-corrected chi connectivity index (χ0v) is 14.0. The zero-order valence-electron chi connectivity index (χ0n) is 14.0. The Labute approximate surface area is 128 Å². The summed E-state index contributed by atoms with van der Waals surface area (Å²) in [5.41, 5.74) is -1.23. The van der Waals surface area contributed by atoms with E-state index in [4.69, 9.17) is 0 Å². The summed E-state index contributed by atoms with van der Waals surface area (Å²) in [5, 5.41) is 3.12. The van der Waals surface area contributed by atoms with Crippen molar-refractivity contribution in [2.75, 3.05) is 6.54 Å². The van der Waals surface area contributed by atoms with E-state index >= 15 is 0 Å². The van der Waals surface area contributed by atoms with Crippen molar-refractivity contribution in [3.63, 3.8) is 0 Å². The number of nitrogens with zero attached hydrogens (tertiary/aromatic N) is 1. The second-order valence-electron chi connectivity index (χ2n) is 7.12. The summed E-state index contributed by atoms with van der Waals surface area (Å²) in [5.74, 6) is 0.774. The van der Waals surface area contributed by atoms with Gasteiger partial charge in [0.05, 0.1) is 0 Å². The van der Waals surface area contributed by atoms with Crippen LogP contribution in [-0.4, -0.2) is 34.3 Å². The highest BCUT2D eigenvalue weighted by atomic mass is 16.2. The summed E-state index contributed by atoms with van der Waals surface area (Å²) in [6.07, 6.45) is 6.02. The molecule has 2 fully saturated rings. The van der Waals surface area contributed by atoms with Crippen LogP contribution in [0.15, 0.2) is 0 Å². The quantitative estimate of drug-likeness (QED) is 0.847. The molecule has 2 amide bonds. The van der Waals surface area contributed by atoms with Crippen LogP contribution in [-0.2, 0) is 9.59 Å². The second-order valence-corrected chi connectivity index (χ2v) is 7.12. The maximum atomic E-state index is 13.2. The fourth-order valence-electron chi connectivity index (χ4n) is 3.94. The van der Waals surface area contributed by atoms with Crippen molar-refractivity contribution >= 4 is 11.8 Å². The minimum atomic E-state index is -0.639. The SMILES string of the molecule is CCC1(CC)C(=O)NC2(CCCC2)C(=O)N1CCC(C)C. The van der Waals surface area contributed by atoms with Crippen molar-refractivity contribution in [3.8, 4) is 0 Å². The van der Waals surface area contributed by atoms with Gasteiger partial charge in [-0.3, -0.25) is 9.59 Å². The standard InChI is InChI=1S/C17H30N2O2/c1-5-17(6-2)14(20)18-16(10-7-8-11-16)15(21)19(17)12-9-13(3)4/h13H,5-12H2,1-4H3,(H,18,20). The van der Waals surface area contributed by atoms with Crippen LogP contribution in [0.3, 0.4) is 0 Å². The molecule has 0 atom stereocenters. The summed E-state index contributed by atoms with van der Waals surface area (Å²) >= 11 is 0. The van der Waals surface area contributed by atoms with Crippen LogP contribution in [0.25, 0.3) is 0 Å². The van der Waals surface area contributed by atoms with E-state index in [9.17, 15) is 9.59 Å². The predicted molar refractivity (Wildman–Crippen MR) is 83.8 cm³/mol. The molecule has 0 radical (unpaired) electrons. The molecule has 21 heavy (non-hydrogen) atoms. The van der Waals surface area contributed by atoms with Crippen LogP contribution >= 0.6 is 0 Å². The first-order valence-corrected chi connectivity index (χ1v) is 8.56. The first kappa shape index (κ1) is 16.3. The monoisotopic (exact) mass is 294 g/mol. The van der Waals surface area contributed by atoms with Crippen LogP contribution in [0.4, 0.5) is 0 Å². The lowest BCUT2D eigenvalue weighted by Crippen LogP contribution is -2.75. The van der Waals surface area contributed by atoms with E-state index in [1.165, 1.54) is 0 Å². The van der Waals surface area contributed by atoms with Gasteiger partial charge in [-0.25, -0.2) is 0 Å². The summed E-state index contributed by atoms with van der Waals surface area (Å²) < 4.78 is 0. The Morgan fingerprint density at radius 1 is 1.14 bits per heavy atom. The van der Waals surface area contributed by atoms with Crippen LogP contribution in [0.5, 0.6) is 0 Å². The van der Waals surface area contributed by atoms with E-state index in [0.717, 1.165) is 32.1 Å². The van der Waals surface area contributed by atoms with Gasteiger partial charge in [-0.15, -0.1) is 0 Å². The summed E-state index contributed by atoms with van der Waals surface area (Å²) in [4.78, 5) is 27.9. The van der Waals surface area contributed by atoms with Crippen molar-refractivity contribution in [1.29, 1.82) is 0 Å². The minimum absolute atomic E-state index is 0.0674. The molecular formula is C17H30N2O2. The van der Waals surface area contributed by atoms with Gasteiger partial charge in [-0.2, -0.15) is 0 Å². The number of carbonyl (C=O) groups excluding carboxylic acids is 2. The number of piperazine rings is 1. The molecule has 1 spiro atoms. The van der Waals surface area contributed by atoms with Crippen molar-refractivity contribution < 1.29 is 9.59 Å². The maximum Gasteiger partial charge on any atom is 0.249 e. The number of hydrogen-bond donors (Lipinski definition) is 1. The highest BCUT2D eigenvalue weighted by Gasteiger charge is 2.57. The molecule has 0 aromatic rings. The van der Waals surface area contributed by atoms with Crippen LogP contribution < -0.4 is 5.32 Å². The van der Waals surface area contributed by atoms with Gasteiger partial charge in [0.2, 0.25) is 11.8 Å². The van der Waals surface area contributed by atoms with Crippen molar-refractivity contribution in [2.45, 2.75) is 83.7 Å². The predicted octanol–water partition coefficient (Wildman–Crippen LogP) is 2.86. The van der Waals surface area contributed by atoms with Crippen LogP contribution in [0.1, 0.15) is 72.6 Å². The average molecular weight is 294 g/mol. The van der Waals surface area contributed by atoms with E-state index in [1.807, 2.05) is 18.7 Å². The molecule has 1 aliphatic carbocycles. The zero-order chi connectivity index (χ0) is 15.7. The Hall–Kier alpha value is -1.06. The van der Waals surface area contributed by atoms with Crippen molar-refractivity contribution in [3.05, 3.63) is 0 Å². The molecule has 4 heteroatoms. The molecule has 1 heterocycles. The van der Waals surface area contributed by atoms with E-state index in [1.54, 1.807) is 0 Å². The first-order valence-electron chi connectivity index (χ1n) is 8.56. The van der Waals surface area contributed by atoms with Crippen LogP contribution in [0, 0.1) is 5.92 Å². The van der Waals surface area contributed by atoms with Crippen molar-refractivity contribution in [2.24, 2.45) is 5.92 Å². The van der Waals surface area contributed by atoms with E-state index in [0.29, 0.717) is 25.3 Å². The Morgan fingerprint density at radius 3 is 2.19 bits per heavy atom. The van der Waals surface area contributed by atoms with Gasteiger partial charge in [0.15, 0.2) is 0 Å². The fraction of sp³-hybridized carbons (Fsp3) is 0.882. The smallest absolute Gasteiger partial charge is 0.249 e. The van der Waals surface area contributed by atoms with Gasteiger partial charge in [0.1, 0.15) is 11.1 Å². The van der Waals surface area contributed by atoms with Gasteiger partial charge in [-0.1, -0.05) is 40.5 Å². The molecule has 0 unspecified atom stereocenters. The molecule has 0 aromatic heterocycles. The fourth-order valence-corrected chi connectivity index (χ4v) is 3.94. The van der Waals surface area contributed by atoms with Gasteiger partial charge in [-0.05, 0) is 38.0 Å². The average Bonchev–Trinajstić information content (AvgIpc) is 2.91. The molecule has 1 aliphatic heterocycles. The Kier molecular flexibility index (Phi) is 4.64. The summed E-state index contributed by atoms with van der Waals surface area (Å²) in [6, 6.07) is 0. The molecule has 2 rings (SSSR count). The molecular weight excluding hydrogens is 264 g/mol. The third-order valence-corrected chi connectivity index (χ3v) is 5.50. The number of carbonyl (C=O) groups is 2. The molecule has 1 saturated heterocycles. The first-order chi connectivity index (χ1) is 9.92. The third-order valence-electron chi connectivity index (χ3n) is 5.50. The Bertz CT molecular complexity index is 407. The highest BCUT2D eigenvalue weighted by molar-refractivity contribution is 6.02. The summed E-state index contributed by atoms with van der Waals surface area (Å²) in [7, 11) is 0. The molecule has 0 aromatic carbocycles. The number of rotatable bonds is 5. The largest absolute Gasteiger partial charge is 0.340 e. The lowest BCUT2D eigenvalue weighted by Gasteiger charge is -2.51. The lowest BCUT2D eigenvalue weighted by atomic mass is 9.80. The van der Waals surface area contributed by atoms with E-state index < -0.39 is 11.1 Å². The van der Waals surface area contributed by atoms with Gasteiger partial charge < -0.3 is 10.2 Å². The minimum Gasteiger partial charge on any atom is -0.340 e. The molecule has 4 nitrogen and oxygen atoms in total. The van der Waals surface area contributed by atoms with E-state index in [2.05, 4.69) is 19.2 Å².